The number of ether oxygens (including phenoxy) is 2. The van der Waals surface area contributed by atoms with Gasteiger partial charge < -0.3 is 14.8 Å². The van der Waals surface area contributed by atoms with E-state index < -0.39 is 0 Å². The van der Waals surface area contributed by atoms with Gasteiger partial charge in [-0.1, -0.05) is 54.6 Å². The van der Waals surface area contributed by atoms with E-state index in [4.69, 9.17) is 9.47 Å². The van der Waals surface area contributed by atoms with Crippen LogP contribution in [0.25, 0.3) is 0 Å². The molecule has 0 radical (unpaired) electrons. The van der Waals surface area contributed by atoms with E-state index in [0.29, 0.717) is 25.3 Å². The van der Waals surface area contributed by atoms with Crippen LogP contribution in [-0.4, -0.2) is 13.0 Å². The lowest BCUT2D eigenvalue weighted by molar-refractivity contribution is 0.0950. The predicted octanol–water partition coefficient (Wildman–Crippen LogP) is 4.34. The SMILES string of the molecule is COCc1cccc(C(=O)NCc2ccc(OCc3ccccc3)cc2)c1. The van der Waals surface area contributed by atoms with Crippen molar-refractivity contribution >= 4 is 5.91 Å². The fourth-order valence-electron chi connectivity index (χ4n) is 2.70. The molecule has 4 nitrogen and oxygen atoms in total. The Hall–Kier alpha value is -3.11. The summed E-state index contributed by atoms with van der Waals surface area (Å²) in [5.41, 5.74) is 3.76. The van der Waals surface area contributed by atoms with E-state index >= 15 is 0 Å². The number of carbonyl (C=O) groups is 1. The summed E-state index contributed by atoms with van der Waals surface area (Å²) in [6.07, 6.45) is 0. The fourth-order valence-corrected chi connectivity index (χ4v) is 2.70. The normalized spacial score (nSPS) is 10.4. The maximum atomic E-state index is 12.3. The van der Waals surface area contributed by atoms with Crippen molar-refractivity contribution in [2.24, 2.45) is 0 Å². The smallest absolute Gasteiger partial charge is 0.251 e. The molecule has 138 valence electrons. The molecule has 0 unspecified atom stereocenters. The molecule has 0 aliphatic carbocycles. The van der Waals surface area contributed by atoms with Crippen LogP contribution < -0.4 is 10.1 Å². The molecule has 1 amide bonds. The van der Waals surface area contributed by atoms with E-state index in [1.807, 2.05) is 72.8 Å². The first kappa shape index (κ1) is 18.7. The third-order valence-electron chi connectivity index (χ3n) is 4.12. The molecule has 3 aromatic carbocycles. The average molecular weight is 361 g/mol. The maximum Gasteiger partial charge on any atom is 0.251 e. The molecule has 0 spiro atoms. The summed E-state index contributed by atoms with van der Waals surface area (Å²) < 4.78 is 10.9. The molecule has 27 heavy (non-hydrogen) atoms. The Morgan fingerprint density at radius 2 is 1.56 bits per heavy atom. The molecule has 0 aliphatic rings. The van der Waals surface area contributed by atoms with Crippen LogP contribution in [0.1, 0.15) is 27.0 Å². The van der Waals surface area contributed by atoms with Gasteiger partial charge in [-0.3, -0.25) is 4.79 Å². The lowest BCUT2D eigenvalue weighted by Crippen LogP contribution is -2.22. The van der Waals surface area contributed by atoms with Gasteiger partial charge in [-0.15, -0.1) is 0 Å². The molecule has 0 fully saturated rings. The van der Waals surface area contributed by atoms with Gasteiger partial charge >= 0.3 is 0 Å². The molecule has 0 atom stereocenters. The van der Waals surface area contributed by atoms with E-state index in [1.165, 1.54) is 0 Å². The molecular weight excluding hydrogens is 338 g/mol. The van der Waals surface area contributed by atoms with Crippen LogP contribution in [0.3, 0.4) is 0 Å². The minimum atomic E-state index is -0.0997. The molecular formula is C23H23NO3. The van der Waals surface area contributed by atoms with Crippen molar-refractivity contribution in [1.82, 2.24) is 5.32 Å². The standard InChI is InChI=1S/C23H23NO3/c1-26-16-20-8-5-9-21(14-20)23(25)24-15-18-10-12-22(13-11-18)27-17-19-6-3-2-4-7-19/h2-14H,15-17H2,1H3,(H,24,25). The molecule has 0 aliphatic heterocycles. The van der Waals surface area contributed by atoms with Crippen LogP contribution in [0.2, 0.25) is 0 Å². The van der Waals surface area contributed by atoms with Gasteiger partial charge in [0.05, 0.1) is 6.61 Å². The van der Waals surface area contributed by atoms with Crippen LogP contribution in [0, 0.1) is 0 Å². The number of nitrogens with one attached hydrogen (secondary N) is 1. The van der Waals surface area contributed by atoms with Gasteiger partial charge in [-0.05, 0) is 41.0 Å². The Bertz CT molecular complexity index is 860. The van der Waals surface area contributed by atoms with Crippen LogP contribution in [0.15, 0.2) is 78.9 Å². The van der Waals surface area contributed by atoms with Crippen LogP contribution >= 0.6 is 0 Å². The van der Waals surface area contributed by atoms with Crippen molar-refractivity contribution in [3.63, 3.8) is 0 Å². The van der Waals surface area contributed by atoms with Gasteiger partial charge in [-0.25, -0.2) is 0 Å². The van der Waals surface area contributed by atoms with Crippen LogP contribution in [0.4, 0.5) is 0 Å². The van der Waals surface area contributed by atoms with Crippen molar-refractivity contribution < 1.29 is 14.3 Å². The van der Waals surface area contributed by atoms with Gasteiger partial charge in [-0.2, -0.15) is 0 Å². The van der Waals surface area contributed by atoms with E-state index in [-0.39, 0.29) is 5.91 Å². The Balaban J connectivity index is 1.51. The zero-order valence-electron chi connectivity index (χ0n) is 15.4. The summed E-state index contributed by atoms with van der Waals surface area (Å²) in [5.74, 6) is 0.707. The molecule has 0 saturated carbocycles. The monoisotopic (exact) mass is 361 g/mol. The first-order valence-electron chi connectivity index (χ1n) is 8.86. The number of benzene rings is 3. The first-order valence-corrected chi connectivity index (χ1v) is 8.86. The van der Waals surface area contributed by atoms with E-state index in [1.54, 1.807) is 13.2 Å². The van der Waals surface area contributed by atoms with Gasteiger partial charge in [0.1, 0.15) is 12.4 Å². The van der Waals surface area contributed by atoms with Crippen molar-refractivity contribution in [2.75, 3.05) is 7.11 Å². The van der Waals surface area contributed by atoms with Gasteiger partial charge in [0, 0.05) is 19.2 Å². The summed E-state index contributed by atoms with van der Waals surface area (Å²) in [4.78, 5) is 12.3. The Morgan fingerprint density at radius 3 is 2.30 bits per heavy atom. The minimum absolute atomic E-state index is 0.0997. The summed E-state index contributed by atoms with van der Waals surface area (Å²) >= 11 is 0. The lowest BCUT2D eigenvalue weighted by atomic mass is 10.1. The van der Waals surface area contributed by atoms with Crippen molar-refractivity contribution in [3.05, 3.63) is 101 Å². The third kappa shape index (κ3) is 5.69. The summed E-state index contributed by atoms with van der Waals surface area (Å²) in [7, 11) is 1.64. The topological polar surface area (TPSA) is 47.6 Å². The molecule has 0 bridgehead atoms. The largest absolute Gasteiger partial charge is 0.489 e. The zero-order chi connectivity index (χ0) is 18.9. The van der Waals surface area contributed by atoms with Gasteiger partial charge in [0.2, 0.25) is 0 Å². The lowest BCUT2D eigenvalue weighted by Gasteiger charge is -2.09. The molecule has 1 N–H and O–H groups in total. The first-order chi connectivity index (χ1) is 13.2. The van der Waals surface area contributed by atoms with E-state index in [0.717, 1.165) is 22.4 Å². The quantitative estimate of drug-likeness (QED) is 0.649. The second kappa shape index (κ2) is 9.55. The number of carbonyl (C=O) groups excluding carboxylic acids is 1. The van der Waals surface area contributed by atoms with Crippen LogP contribution in [0.5, 0.6) is 5.75 Å². The van der Waals surface area contributed by atoms with E-state index in [9.17, 15) is 4.79 Å². The highest BCUT2D eigenvalue weighted by molar-refractivity contribution is 5.94. The third-order valence-corrected chi connectivity index (χ3v) is 4.12. The van der Waals surface area contributed by atoms with Crippen LogP contribution in [-0.2, 0) is 24.5 Å². The number of hydrogen-bond donors (Lipinski definition) is 1. The highest BCUT2D eigenvalue weighted by Crippen LogP contribution is 2.14. The number of hydrogen-bond acceptors (Lipinski definition) is 3. The Kier molecular flexibility index (Phi) is 6.61. The molecule has 0 aromatic heterocycles. The minimum Gasteiger partial charge on any atom is -0.489 e. The van der Waals surface area contributed by atoms with Gasteiger partial charge in [0.25, 0.3) is 5.91 Å². The fraction of sp³-hybridized carbons (Fsp3) is 0.174. The molecule has 0 heterocycles. The summed E-state index contributed by atoms with van der Waals surface area (Å²) in [6, 6.07) is 25.3. The summed E-state index contributed by atoms with van der Waals surface area (Å²) in [6.45, 7) is 1.49. The molecule has 4 heteroatoms. The summed E-state index contributed by atoms with van der Waals surface area (Å²) in [5, 5.41) is 2.94. The van der Waals surface area contributed by atoms with Gasteiger partial charge in [0.15, 0.2) is 0 Å². The number of methoxy groups -OCH3 is 1. The van der Waals surface area contributed by atoms with Crippen molar-refractivity contribution in [3.8, 4) is 5.75 Å². The number of amides is 1. The highest BCUT2D eigenvalue weighted by atomic mass is 16.5. The van der Waals surface area contributed by atoms with E-state index in [2.05, 4.69) is 5.32 Å². The molecule has 3 rings (SSSR count). The molecule has 0 saturated heterocycles. The second-order valence-electron chi connectivity index (χ2n) is 6.23. The highest BCUT2D eigenvalue weighted by Gasteiger charge is 2.06. The Morgan fingerprint density at radius 1 is 0.815 bits per heavy atom. The van der Waals surface area contributed by atoms with Crippen molar-refractivity contribution in [1.29, 1.82) is 0 Å². The van der Waals surface area contributed by atoms with Crippen molar-refractivity contribution in [2.45, 2.75) is 19.8 Å². The molecule has 3 aromatic rings. The Labute approximate surface area is 159 Å². The maximum absolute atomic E-state index is 12.3. The zero-order valence-corrected chi connectivity index (χ0v) is 15.4. The predicted molar refractivity (Wildman–Crippen MR) is 106 cm³/mol. The average Bonchev–Trinajstić information content (AvgIpc) is 2.72. The second-order valence-corrected chi connectivity index (χ2v) is 6.23. The number of rotatable bonds is 8.